The highest BCUT2D eigenvalue weighted by molar-refractivity contribution is 9.10. The molecule has 176 valence electrons. The van der Waals surface area contributed by atoms with Crippen molar-refractivity contribution in [2.45, 2.75) is 20.3 Å². The summed E-state index contributed by atoms with van der Waals surface area (Å²) in [5.41, 5.74) is 4.90. The van der Waals surface area contributed by atoms with Gasteiger partial charge in [-0.1, -0.05) is 29.8 Å². The number of ether oxygens (including phenoxy) is 2. The van der Waals surface area contributed by atoms with Crippen molar-refractivity contribution in [3.8, 4) is 11.5 Å². The summed E-state index contributed by atoms with van der Waals surface area (Å²) in [6, 6.07) is 10.3. The van der Waals surface area contributed by atoms with Crippen LogP contribution in [0.1, 0.15) is 30.6 Å². The van der Waals surface area contributed by atoms with Gasteiger partial charge in [0, 0.05) is 16.6 Å². The largest absolute Gasteiger partial charge is 0.493 e. The average molecular weight is 539 g/mol. The normalized spacial score (nSPS) is 10.3. The highest BCUT2D eigenvalue weighted by atomic mass is 79.9. The van der Waals surface area contributed by atoms with Crippen molar-refractivity contribution < 1.29 is 24.0 Å². The van der Waals surface area contributed by atoms with Crippen LogP contribution >= 0.6 is 28.1 Å². The van der Waals surface area contributed by atoms with E-state index >= 15 is 0 Å². The lowest BCUT2D eigenvalue weighted by Gasteiger charge is -2.14. The van der Waals surface area contributed by atoms with Gasteiger partial charge in [-0.15, -0.1) is 0 Å². The van der Waals surface area contributed by atoms with Gasteiger partial charge >= 0.3 is 0 Å². The minimum Gasteiger partial charge on any atom is -0.493 e. The SMILES string of the molecule is CC(C)CCOc1ccc(Br)cc1C(=O)NC(=S)NNC(=O)COc1ccc([N+](=O)[O-])cc1. The van der Waals surface area contributed by atoms with Gasteiger partial charge in [-0.25, -0.2) is 0 Å². The van der Waals surface area contributed by atoms with Gasteiger partial charge in [-0.3, -0.25) is 35.9 Å². The number of amides is 2. The Labute approximate surface area is 204 Å². The van der Waals surface area contributed by atoms with Crippen molar-refractivity contribution in [3.63, 3.8) is 0 Å². The van der Waals surface area contributed by atoms with Crippen LogP contribution in [0.2, 0.25) is 0 Å². The second-order valence-corrected chi connectivity index (χ2v) is 8.49. The number of nitrogens with zero attached hydrogens (tertiary/aromatic N) is 1. The lowest BCUT2D eigenvalue weighted by Crippen LogP contribution is -2.49. The lowest BCUT2D eigenvalue weighted by atomic mass is 10.1. The molecule has 0 aromatic heterocycles. The van der Waals surface area contributed by atoms with Crippen LogP contribution < -0.4 is 25.6 Å². The summed E-state index contributed by atoms with van der Waals surface area (Å²) < 4.78 is 11.7. The Hall–Kier alpha value is -3.25. The van der Waals surface area contributed by atoms with Gasteiger partial charge in [-0.2, -0.15) is 0 Å². The number of nitrogens with one attached hydrogen (secondary N) is 3. The summed E-state index contributed by atoms with van der Waals surface area (Å²) in [7, 11) is 0. The molecule has 2 aromatic carbocycles. The molecule has 2 amide bonds. The number of rotatable bonds is 9. The van der Waals surface area contributed by atoms with Gasteiger partial charge in [0.1, 0.15) is 11.5 Å². The average Bonchev–Trinajstić information content (AvgIpc) is 2.77. The van der Waals surface area contributed by atoms with Crippen LogP contribution in [0.4, 0.5) is 5.69 Å². The lowest BCUT2D eigenvalue weighted by molar-refractivity contribution is -0.384. The van der Waals surface area contributed by atoms with Gasteiger partial charge in [-0.05, 0) is 54.9 Å². The van der Waals surface area contributed by atoms with E-state index in [-0.39, 0.29) is 28.7 Å². The highest BCUT2D eigenvalue weighted by Gasteiger charge is 2.15. The third kappa shape index (κ3) is 9.02. The first kappa shape index (κ1) is 26.0. The summed E-state index contributed by atoms with van der Waals surface area (Å²) in [5, 5.41) is 13.0. The number of halogens is 1. The molecule has 33 heavy (non-hydrogen) atoms. The van der Waals surface area contributed by atoms with E-state index < -0.39 is 16.7 Å². The van der Waals surface area contributed by atoms with Crippen LogP contribution in [0.15, 0.2) is 46.9 Å². The summed E-state index contributed by atoms with van der Waals surface area (Å²) in [5.74, 6) is 0.0725. The number of nitro benzene ring substituents is 1. The summed E-state index contributed by atoms with van der Waals surface area (Å²) in [4.78, 5) is 34.7. The van der Waals surface area contributed by atoms with Crippen molar-refractivity contribution in [2.75, 3.05) is 13.2 Å². The van der Waals surface area contributed by atoms with Crippen LogP contribution in [-0.4, -0.2) is 35.1 Å². The Morgan fingerprint density at radius 1 is 1.12 bits per heavy atom. The van der Waals surface area contributed by atoms with Crippen LogP contribution in [0.3, 0.4) is 0 Å². The van der Waals surface area contributed by atoms with Crippen molar-refractivity contribution in [2.24, 2.45) is 5.92 Å². The van der Waals surface area contributed by atoms with Gasteiger partial charge < -0.3 is 9.47 Å². The Morgan fingerprint density at radius 3 is 2.45 bits per heavy atom. The molecule has 0 saturated heterocycles. The van der Waals surface area contributed by atoms with E-state index in [0.717, 1.165) is 6.42 Å². The van der Waals surface area contributed by atoms with Gasteiger partial charge in [0.15, 0.2) is 11.7 Å². The molecule has 12 heteroatoms. The van der Waals surface area contributed by atoms with E-state index in [1.807, 2.05) is 0 Å². The molecule has 3 N–H and O–H groups in total. The van der Waals surface area contributed by atoms with Crippen LogP contribution in [-0.2, 0) is 4.79 Å². The molecule has 0 atom stereocenters. The number of hydrogen-bond donors (Lipinski definition) is 3. The van der Waals surface area contributed by atoms with E-state index in [9.17, 15) is 19.7 Å². The van der Waals surface area contributed by atoms with Crippen LogP contribution in [0.25, 0.3) is 0 Å². The highest BCUT2D eigenvalue weighted by Crippen LogP contribution is 2.24. The standard InChI is InChI=1S/C21H23BrN4O6S/c1-13(2)9-10-31-18-8-3-14(22)11-17(18)20(28)23-21(33)25-24-19(27)12-32-16-6-4-15(5-7-16)26(29)30/h3-8,11,13H,9-10,12H2,1-2H3,(H,24,27)(H2,23,25,28,33). The second kappa shape index (κ2) is 12.7. The van der Waals surface area contributed by atoms with Crippen molar-refractivity contribution in [1.82, 2.24) is 16.2 Å². The maximum absolute atomic E-state index is 12.6. The maximum atomic E-state index is 12.6. The Morgan fingerprint density at radius 2 is 1.82 bits per heavy atom. The third-order valence-corrected chi connectivity index (χ3v) is 4.80. The topological polar surface area (TPSA) is 132 Å². The molecule has 0 radical (unpaired) electrons. The molecule has 0 heterocycles. The number of carbonyl (C=O) groups excluding carboxylic acids is 2. The van der Waals surface area contributed by atoms with E-state index in [1.54, 1.807) is 18.2 Å². The number of carbonyl (C=O) groups is 2. The second-order valence-electron chi connectivity index (χ2n) is 7.17. The van der Waals surface area contributed by atoms with E-state index in [1.165, 1.54) is 24.3 Å². The van der Waals surface area contributed by atoms with Crippen molar-refractivity contribution >= 4 is 50.8 Å². The number of hydrazine groups is 1. The van der Waals surface area contributed by atoms with E-state index in [4.69, 9.17) is 21.7 Å². The van der Waals surface area contributed by atoms with E-state index in [0.29, 0.717) is 22.7 Å². The van der Waals surface area contributed by atoms with E-state index in [2.05, 4.69) is 45.9 Å². The summed E-state index contributed by atoms with van der Waals surface area (Å²) >= 11 is 8.38. The molecule has 0 fully saturated rings. The number of non-ortho nitro benzene ring substituents is 1. The Bertz CT molecular complexity index is 1020. The smallest absolute Gasteiger partial charge is 0.276 e. The predicted octanol–water partition coefficient (Wildman–Crippen LogP) is 3.50. The minimum absolute atomic E-state index is 0.0894. The third-order valence-electron chi connectivity index (χ3n) is 4.10. The molecule has 0 bridgehead atoms. The van der Waals surface area contributed by atoms with Crippen molar-refractivity contribution in [3.05, 3.63) is 62.6 Å². The zero-order valence-electron chi connectivity index (χ0n) is 17.9. The predicted molar refractivity (Wildman–Crippen MR) is 129 cm³/mol. The molecule has 0 spiro atoms. The number of thiocarbonyl (C=S) groups is 1. The fourth-order valence-corrected chi connectivity index (χ4v) is 2.89. The van der Waals surface area contributed by atoms with Crippen LogP contribution in [0.5, 0.6) is 11.5 Å². The number of nitro groups is 1. The van der Waals surface area contributed by atoms with Gasteiger partial charge in [0.25, 0.3) is 17.5 Å². The molecule has 0 saturated carbocycles. The fourth-order valence-electron chi connectivity index (χ4n) is 2.39. The van der Waals surface area contributed by atoms with Gasteiger partial charge in [0.2, 0.25) is 0 Å². The quantitative estimate of drug-likeness (QED) is 0.251. The summed E-state index contributed by atoms with van der Waals surface area (Å²) in [6.45, 7) is 4.25. The Balaban J connectivity index is 1.82. The molecular weight excluding hydrogens is 516 g/mol. The molecule has 0 aliphatic heterocycles. The minimum atomic E-state index is -0.579. The molecule has 0 aliphatic rings. The van der Waals surface area contributed by atoms with Gasteiger partial charge in [0.05, 0.1) is 17.1 Å². The molecule has 0 aliphatic carbocycles. The first-order chi connectivity index (χ1) is 15.7. The molecular formula is C21H23BrN4O6S. The molecule has 2 rings (SSSR count). The summed E-state index contributed by atoms with van der Waals surface area (Å²) in [6.07, 6.45) is 0.838. The zero-order valence-corrected chi connectivity index (χ0v) is 20.3. The monoisotopic (exact) mass is 538 g/mol. The maximum Gasteiger partial charge on any atom is 0.276 e. The Kier molecular flexibility index (Phi) is 10.0. The van der Waals surface area contributed by atoms with Crippen molar-refractivity contribution in [1.29, 1.82) is 0 Å². The van der Waals surface area contributed by atoms with Crippen LogP contribution in [0, 0.1) is 16.0 Å². The molecule has 10 nitrogen and oxygen atoms in total. The first-order valence-electron chi connectivity index (χ1n) is 9.85. The number of benzene rings is 2. The fraction of sp³-hybridized carbons (Fsp3) is 0.286. The molecule has 2 aromatic rings. The first-order valence-corrected chi connectivity index (χ1v) is 11.1. The molecule has 0 unspecified atom stereocenters. The zero-order chi connectivity index (χ0) is 24.4. The number of hydrogen-bond acceptors (Lipinski definition) is 7.